The molecule has 26 heavy (non-hydrogen) atoms. The molecule has 4 rings (SSSR count). The highest BCUT2D eigenvalue weighted by atomic mass is 35.5. The minimum Gasteiger partial charge on any atom is -0.497 e. The summed E-state index contributed by atoms with van der Waals surface area (Å²) in [4.78, 5) is 2.53. The third kappa shape index (κ3) is 3.37. The topological polar surface area (TPSA) is 17.4 Å². The van der Waals surface area contributed by atoms with Crippen molar-refractivity contribution in [2.24, 2.45) is 0 Å². The van der Waals surface area contributed by atoms with E-state index < -0.39 is 0 Å². The van der Waals surface area contributed by atoms with Gasteiger partial charge in [-0.3, -0.25) is 4.90 Å². The summed E-state index contributed by atoms with van der Waals surface area (Å²) in [5, 5.41) is 0.834. The number of aryl methyl sites for hydroxylation is 1. The lowest BCUT2D eigenvalue weighted by Crippen LogP contribution is -2.29. The maximum Gasteiger partial charge on any atom is 0.118 e. The predicted molar refractivity (Wildman–Crippen MR) is 106 cm³/mol. The van der Waals surface area contributed by atoms with Gasteiger partial charge in [0.2, 0.25) is 0 Å². The van der Waals surface area contributed by atoms with Crippen molar-refractivity contribution in [3.8, 4) is 5.75 Å². The SMILES string of the molecule is COc1ccc([C@H]2c3cccn3CCCN2Cc2ccccc2Cl)cc1. The summed E-state index contributed by atoms with van der Waals surface area (Å²) >= 11 is 6.45. The minimum absolute atomic E-state index is 0.203. The molecule has 0 saturated heterocycles. The number of benzene rings is 2. The van der Waals surface area contributed by atoms with E-state index in [4.69, 9.17) is 16.3 Å². The maximum absolute atomic E-state index is 6.45. The number of halogens is 1. The molecular weight excluding hydrogens is 344 g/mol. The molecule has 0 aliphatic carbocycles. The monoisotopic (exact) mass is 366 g/mol. The van der Waals surface area contributed by atoms with Crippen LogP contribution in [0.2, 0.25) is 5.02 Å². The van der Waals surface area contributed by atoms with Gasteiger partial charge in [-0.15, -0.1) is 0 Å². The van der Waals surface area contributed by atoms with Crippen molar-refractivity contribution in [1.82, 2.24) is 9.47 Å². The van der Waals surface area contributed by atoms with Crippen LogP contribution in [0.4, 0.5) is 0 Å². The average Bonchev–Trinajstić information content (AvgIpc) is 3.05. The Morgan fingerprint density at radius 1 is 1.00 bits per heavy atom. The van der Waals surface area contributed by atoms with E-state index in [-0.39, 0.29) is 6.04 Å². The molecule has 0 unspecified atom stereocenters. The molecule has 3 aromatic rings. The number of ether oxygens (including phenoxy) is 1. The number of rotatable bonds is 4. The van der Waals surface area contributed by atoms with E-state index >= 15 is 0 Å². The molecule has 1 aliphatic rings. The van der Waals surface area contributed by atoms with E-state index in [0.717, 1.165) is 36.8 Å². The molecule has 0 radical (unpaired) electrons. The first kappa shape index (κ1) is 17.2. The lowest BCUT2D eigenvalue weighted by atomic mass is 10.0. The van der Waals surface area contributed by atoms with Crippen LogP contribution in [0.1, 0.15) is 29.3 Å². The third-order valence-electron chi connectivity index (χ3n) is 5.12. The molecule has 1 atom stereocenters. The number of hydrogen-bond acceptors (Lipinski definition) is 2. The Bertz CT molecular complexity index is 872. The van der Waals surface area contributed by atoms with Gasteiger partial charge in [-0.2, -0.15) is 0 Å². The summed E-state index contributed by atoms with van der Waals surface area (Å²) in [7, 11) is 1.70. The molecule has 2 aromatic carbocycles. The van der Waals surface area contributed by atoms with E-state index in [0.29, 0.717) is 0 Å². The van der Waals surface area contributed by atoms with E-state index in [2.05, 4.69) is 52.1 Å². The first-order valence-electron chi connectivity index (χ1n) is 9.03. The normalized spacial score (nSPS) is 17.5. The van der Waals surface area contributed by atoms with Crippen LogP contribution in [0.5, 0.6) is 5.75 Å². The Labute approximate surface area is 159 Å². The highest BCUT2D eigenvalue weighted by Gasteiger charge is 2.27. The summed E-state index contributed by atoms with van der Waals surface area (Å²) in [5.74, 6) is 0.885. The first-order chi connectivity index (χ1) is 12.8. The zero-order valence-electron chi connectivity index (χ0n) is 14.9. The summed E-state index contributed by atoms with van der Waals surface area (Å²) in [6.07, 6.45) is 3.31. The zero-order chi connectivity index (χ0) is 17.9. The molecule has 0 amide bonds. The van der Waals surface area contributed by atoms with Crippen LogP contribution in [0.25, 0.3) is 0 Å². The van der Waals surface area contributed by atoms with Crippen molar-refractivity contribution in [2.45, 2.75) is 25.6 Å². The molecule has 134 valence electrons. The quantitative estimate of drug-likeness (QED) is 0.635. The van der Waals surface area contributed by atoms with Crippen molar-refractivity contribution >= 4 is 11.6 Å². The van der Waals surface area contributed by atoms with Crippen LogP contribution in [-0.2, 0) is 13.1 Å². The second-order valence-electron chi connectivity index (χ2n) is 6.72. The van der Waals surface area contributed by atoms with Gasteiger partial charge in [-0.25, -0.2) is 0 Å². The Kier molecular flexibility index (Phi) is 5.00. The predicted octanol–water partition coefficient (Wildman–Crippen LogP) is 5.15. The Hall–Kier alpha value is -2.23. The summed E-state index contributed by atoms with van der Waals surface area (Å²) < 4.78 is 7.71. The molecule has 0 bridgehead atoms. The van der Waals surface area contributed by atoms with Crippen LogP contribution in [-0.4, -0.2) is 23.1 Å². The minimum atomic E-state index is 0.203. The molecular formula is C22H23ClN2O. The summed E-state index contributed by atoms with van der Waals surface area (Å²) in [5.41, 5.74) is 3.78. The highest BCUT2D eigenvalue weighted by molar-refractivity contribution is 6.31. The van der Waals surface area contributed by atoms with Gasteiger partial charge in [-0.05, 0) is 47.9 Å². The van der Waals surface area contributed by atoms with E-state index in [1.54, 1.807) is 7.11 Å². The van der Waals surface area contributed by atoms with Crippen molar-refractivity contribution in [1.29, 1.82) is 0 Å². The van der Waals surface area contributed by atoms with Gasteiger partial charge in [0, 0.05) is 36.5 Å². The lowest BCUT2D eigenvalue weighted by Gasteiger charge is -2.31. The van der Waals surface area contributed by atoms with Crippen LogP contribution >= 0.6 is 11.6 Å². The first-order valence-corrected chi connectivity index (χ1v) is 9.40. The number of methoxy groups -OCH3 is 1. The van der Waals surface area contributed by atoms with Crippen molar-refractivity contribution < 1.29 is 4.74 Å². The molecule has 2 heterocycles. The molecule has 0 spiro atoms. The standard InChI is InChI=1S/C22H23ClN2O/c1-26-19-11-9-17(10-12-19)22-21-8-4-13-24(21)14-5-15-25(22)16-18-6-2-3-7-20(18)23/h2-4,6-13,22H,5,14-16H2,1H3/t22-/m0/s1. The van der Waals surface area contributed by atoms with Gasteiger partial charge >= 0.3 is 0 Å². The number of fused-ring (bicyclic) bond motifs is 1. The van der Waals surface area contributed by atoms with Crippen LogP contribution in [0.3, 0.4) is 0 Å². The lowest BCUT2D eigenvalue weighted by molar-refractivity contribution is 0.220. The average molecular weight is 367 g/mol. The van der Waals surface area contributed by atoms with Gasteiger partial charge in [-0.1, -0.05) is 41.9 Å². The van der Waals surface area contributed by atoms with Crippen molar-refractivity contribution in [3.05, 3.63) is 88.7 Å². The van der Waals surface area contributed by atoms with Crippen LogP contribution in [0, 0.1) is 0 Å². The Morgan fingerprint density at radius 3 is 2.58 bits per heavy atom. The fraction of sp³-hybridized carbons (Fsp3) is 0.273. The largest absolute Gasteiger partial charge is 0.497 e. The van der Waals surface area contributed by atoms with Crippen LogP contribution < -0.4 is 4.74 Å². The van der Waals surface area contributed by atoms with Crippen molar-refractivity contribution in [2.75, 3.05) is 13.7 Å². The molecule has 4 heteroatoms. The van der Waals surface area contributed by atoms with Crippen LogP contribution in [0.15, 0.2) is 66.9 Å². The van der Waals surface area contributed by atoms with Gasteiger partial charge in [0.15, 0.2) is 0 Å². The summed E-state index contributed by atoms with van der Waals surface area (Å²) in [6.45, 7) is 2.92. The third-order valence-corrected chi connectivity index (χ3v) is 5.49. The Morgan fingerprint density at radius 2 is 1.81 bits per heavy atom. The van der Waals surface area contributed by atoms with Gasteiger partial charge in [0.25, 0.3) is 0 Å². The summed E-state index contributed by atoms with van der Waals surface area (Å²) in [6, 6.07) is 21.2. The highest BCUT2D eigenvalue weighted by Crippen LogP contribution is 2.34. The molecule has 3 nitrogen and oxygen atoms in total. The molecule has 0 fully saturated rings. The fourth-order valence-electron chi connectivity index (χ4n) is 3.82. The number of aromatic nitrogens is 1. The second kappa shape index (κ2) is 7.56. The van der Waals surface area contributed by atoms with E-state index in [1.807, 2.05) is 24.3 Å². The second-order valence-corrected chi connectivity index (χ2v) is 7.12. The smallest absolute Gasteiger partial charge is 0.118 e. The molecule has 0 N–H and O–H groups in total. The van der Waals surface area contributed by atoms with Gasteiger partial charge in [0.1, 0.15) is 5.75 Å². The zero-order valence-corrected chi connectivity index (χ0v) is 15.7. The Balaban J connectivity index is 1.74. The van der Waals surface area contributed by atoms with E-state index in [9.17, 15) is 0 Å². The molecule has 1 aromatic heterocycles. The number of nitrogens with zero attached hydrogens (tertiary/aromatic N) is 2. The molecule has 0 saturated carbocycles. The van der Waals surface area contributed by atoms with Gasteiger partial charge in [0.05, 0.1) is 13.2 Å². The maximum atomic E-state index is 6.45. The van der Waals surface area contributed by atoms with E-state index in [1.165, 1.54) is 16.8 Å². The fourth-order valence-corrected chi connectivity index (χ4v) is 4.02. The number of hydrogen-bond donors (Lipinski definition) is 0. The van der Waals surface area contributed by atoms with Crippen molar-refractivity contribution in [3.63, 3.8) is 0 Å². The molecule has 1 aliphatic heterocycles. The van der Waals surface area contributed by atoms with Gasteiger partial charge < -0.3 is 9.30 Å².